The summed E-state index contributed by atoms with van der Waals surface area (Å²) in [7, 11) is 0. The Morgan fingerprint density at radius 2 is 1.84 bits per heavy atom. The Kier molecular flexibility index (Phi) is 6.99. The molecule has 0 fully saturated rings. The molecule has 0 aliphatic rings. The van der Waals surface area contributed by atoms with Crippen molar-refractivity contribution in [3.63, 3.8) is 0 Å². The molecule has 0 radical (unpaired) electrons. The van der Waals surface area contributed by atoms with Gasteiger partial charge in [0.2, 0.25) is 0 Å². The van der Waals surface area contributed by atoms with E-state index in [1.165, 1.54) is 4.90 Å². The average Bonchev–Trinajstić information content (AvgIpc) is 2.63. The van der Waals surface area contributed by atoms with Crippen LogP contribution in [0.25, 0.3) is 0 Å². The van der Waals surface area contributed by atoms with Crippen LogP contribution in [0, 0.1) is 11.3 Å². The van der Waals surface area contributed by atoms with Crippen molar-refractivity contribution in [2.75, 3.05) is 24.7 Å². The van der Waals surface area contributed by atoms with Crippen molar-refractivity contribution in [3.05, 3.63) is 59.1 Å². The zero-order valence-corrected chi connectivity index (χ0v) is 14.8. The Balaban J connectivity index is 1.85. The first-order valence-corrected chi connectivity index (χ1v) is 8.16. The van der Waals surface area contributed by atoms with E-state index < -0.39 is 18.5 Å². The number of esters is 1. The van der Waals surface area contributed by atoms with E-state index in [0.717, 1.165) is 4.47 Å². The Hall–Kier alpha value is -2.85. The van der Waals surface area contributed by atoms with Gasteiger partial charge in [0.05, 0.1) is 6.07 Å². The molecule has 2 aromatic rings. The molecule has 0 N–H and O–H groups in total. The molecular formula is C18H15BrN2O4. The number of benzene rings is 2. The van der Waals surface area contributed by atoms with Gasteiger partial charge in [0, 0.05) is 10.2 Å². The predicted molar refractivity (Wildman–Crippen MR) is 95.0 cm³/mol. The van der Waals surface area contributed by atoms with Crippen molar-refractivity contribution in [3.8, 4) is 11.8 Å². The van der Waals surface area contributed by atoms with E-state index >= 15 is 0 Å². The smallest absolute Gasteiger partial charge is 0.344 e. The molecule has 0 spiro atoms. The first-order chi connectivity index (χ1) is 12.1. The molecule has 25 heavy (non-hydrogen) atoms. The number of nitriles is 1. The molecule has 0 aromatic heterocycles. The maximum Gasteiger partial charge on any atom is 0.344 e. The van der Waals surface area contributed by atoms with Gasteiger partial charge in [-0.25, -0.2) is 4.79 Å². The van der Waals surface area contributed by atoms with E-state index in [1.54, 1.807) is 48.5 Å². The van der Waals surface area contributed by atoms with Gasteiger partial charge in [-0.15, -0.1) is 0 Å². The molecule has 0 heterocycles. The summed E-state index contributed by atoms with van der Waals surface area (Å²) in [5.74, 6) is -0.644. The SMILES string of the molecule is N#CCN(C(=O)COC(=O)COc1cccc(Br)c1)c1ccccc1. The van der Waals surface area contributed by atoms with Crippen LogP contribution < -0.4 is 9.64 Å². The van der Waals surface area contributed by atoms with Gasteiger partial charge in [-0.2, -0.15) is 5.26 Å². The fraction of sp³-hybridized carbons (Fsp3) is 0.167. The number of rotatable bonds is 7. The number of amides is 1. The van der Waals surface area contributed by atoms with Crippen molar-refractivity contribution in [2.45, 2.75) is 0 Å². The number of carbonyl (C=O) groups excluding carboxylic acids is 2. The molecule has 128 valence electrons. The van der Waals surface area contributed by atoms with Crippen molar-refractivity contribution < 1.29 is 19.1 Å². The third-order valence-corrected chi connectivity index (χ3v) is 3.60. The highest BCUT2D eigenvalue weighted by molar-refractivity contribution is 9.10. The number of hydrogen-bond donors (Lipinski definition) is 0. The highest BCUT2D eigenvalue weighted by Crippen LogP contribution is 2.17. The molecule has 0 saturated heterocycles. The summed E-state index contributed by atoms with van der Waals surface area (Å²) in [4.78, 5) is 25.2. The van der Waals surface area contributed by atoms with Crippen molar-refractivity contribution in [2.24, 2.45) is 0 Å². The summed E-state index contributed by atoms with van der Waals surface area (Å²) in [6.07, 6.45) is 0. The van der Waals surface area contributed by atoms with Crippen LogP contribution in [0.15, 0.2) is 59.1 Å². The molecule has 0 aliphatic heterocycles. The topological polar surface area (TPSA) is 79.6 Å². The molecule has 1 amide bonds. The van der Waals surface area contributed by atoms with Gasteiger partial charge in [-0.1, -0.05) is 40.2 Å². The van der Waals surface area contributed by atoms with Gasteiger partial charge in [-0.05, 0) is 30.3 Å². The monoisotopic (exact) mass is 402 g/mol. The number of carbonyl (C=O) groups is 2. The highest BCUT2D eigenvalue weighted by atomic mass is 79.9. The maximum absolute atomic E-state index is 12.2. The zero-order chi connectivity index (χ0) is 18.1. The van der Waals surface area contributed by atoms with Gasteiger partial charge in [0.1, 0.15) is 12.3 Å². The maximum atomic E-state index is 12.2. The van der Waals surface area contributed by atoms with Crippen molar-refractivity contribution >= 4 is 33.5 Å². The first-order valence-electron chi connectivity index (χ1n) is 7.36. The van der Waals surface area contributed by atoms with Gasteiger partial charge < -0.3 is 9.47 Å². The van der Waals surface area contributed by atoms with Crippen LogP contribution in [0.3, 0.4) is 0 Å². The standard InChI is InChI=1S/C18H15BrN2O4/c19-14-5-4-8-16(11-14)24-13-18(23)25-12-17(22)21(10-9-20)15-6-2-1-3-7-15/h1-8,11H,10,12-13H2. The third kappa shape index (κ3) is 5.94. The van der Waals surface area contributed by atoms with E-state index in [2.05, 4.69) is 15.9 Å². The number of anilines is 1. The van der Waals surface area contributed by atoms with E-state index in [-0.39, 0.29) is 13.2 Å². The van der Waals surface area contributed by atoms with Crippen LogP contribution in [0.5, 0.6) is 5.75 Å². The second-order valence-electron chi connectivity index (χ2n) is 4.88. The van der Waals surface area contributed by atoms with Crippen LogP contribution >= 0.6 is 15.9 Å². The summed E-state index contributed by atoms with van der Waals surface area (Å²) < 4.78 is 11.0. The van der Waals surface area contributed by atoms with E-state index in [9.17, 15) is 9.59 Å². The summed E-state index contributed by atoms with van der Waals surface area (Å²) in [5.41, 5.74) is 0.565. The van der Waals surface area contributed by atoms with Gasteiger partial charge in [-0.3, -0.25) is 9.69 Å². The Labute approximate surface area is 153 Å². The van der Waals surface area contributed by atoms with Crippen molar-refractivity contribution in [1.82, 2.24) is 0 Å². The van der Waals surface area contributed by atoms with Crippen LogP contribution in [-0.2, 0) is 14.3 Å². The number of halogens is 1. The van der Waals surface area contributed by atoms with Crippen LogP contribution in [0.2, 0.25) is 0 Å². The molecule has 6 nitrogen and oxygen atoms in total. The summed E-state index contributed by atoms with van der Waals surface area (Å²) >= 11 is 3.30. The average molecular weight is 403 g/mol. The molecule has 2 aromatic carbocycles. The molecule has 2 rings (SSSR count). The highest BCUT2D eigenvalue weighted by Gasteiger charge is 2.17. The zero-order valence-electron chi connectivity index (χ0n) is 13.2. The summed E-state index contributed by atoms with van der Waals surface area (Å²) in [5, 5.41) is 8.88. The molecule has 0 bridgehead atoms. The van der Waals surface area contributed by atoms with E-state index in [0.29, 0.717) is 11.4 Å². The van der Waals surface area contributed by atoms with E-state index in [4.69, 9.17) is 14.7 Å². The van der Waals surface area contributed by atoms with Crippen LogP contribution in [0.4, 0.5) is 5.69 Å². The molecule has 0 unspecified atom stereocenters. The molecular weight excluding hydrogens is 388 g/mol. The van der Waals surface area contributed by atoms with Crippen LogP contribution in [-0.4, -0.2) is 31.6 Å². The largest absolute Gasteiger partial charge is 0.482 e. The number of nitrogens with zero attached hydrogens (tertiary/aromatic N) is 2. The lowest BCUT2D eigenvalue weighted by Crippen LogP contribution is -2.35. The lowest BCUT2D eigenvalue weighted by Gasteiger charge is -2.19. The van der Waals surface area contributed by atoms with E-state index in [1.807, 2.05) is 12.1 Å². The quantitative estimate of drug-likeness (QED) is 0.525. The number of para-hydroxylation sites is 1. The summed E-state index contributed by atoms with van der Waals surface area (Å²) in [6.45, 7) is -0.903. The Bertz CT molecular complexity index is 774. The minimum absolute atomic E-state index is 0.130. The minimum atomic E-state index is -0.668. The molecule has 0 aliphatic carbocycles. The lowest BCUT2D eigenvalue weighted by molar-refractivity contribution is -0.149. The van der Waals surface area contributed by atoms with Gasteiger partial charge in [0.15, 0.2) is 13.2 Å². The Morgan fingerprint density at radius 3 is 2.52 bits per heavy atom. The van der Waals surface area contributed by atoms with Gasteiger partial charge >= 0.3 is 5.97 Å². The molecule has 0 saturated carbocycles. The predicted octanol–water partition coefficient (Wildman–Crippen LogP) is 2.93. The second-order valence-corrected chi connectivity index (χ2v) is 5.80. The number of hydrogen-bond acceptors (Lipinski definition) is 5. The fourth-order valence-corrected chi connectivity index (χ4v) is 2.34. The second kappa shape index (κ2) is 9.45. The minimum Gasteiger partial charge on any atom is -0.482 e. The van der Waals surface area contributed by atoms with Crippen molar-refractivity contribution in [1.29, 1.82) is 5.26 Å². The van der Waals surface area contributed by atoms with Crippen LogP contribution in [0.1, 0.15) is 0 Å². The third-order valence-electron chi connectivity index (χ3n) is 3.11. The Morgan fingerprint density at radius 1 is 1.08 bits per heavy atom. The summed E-state index contributed by atoms with van der Waals surface area (Å²) in [6, 6.07) is 17.7. The fourth-order valence-electron chi connectivity index (χ4n) is 1.96. The van der Waals surface area contributed by atoms with Gasteiger partial charge in [0.25, 0.3) is 5.91 Å². The molecule has 0 atom stereocenters. The number of ether oxygens (including phenoxy) is 2. The normalized spacial score (nSPS) is 9.76. The lowest BCUT2D eigenvalue weighted by atomic mass is 10.3. The first kappa shape index (κ1) is 18.5. The molecule has 7 heteroatoms.